The summed E-state index contributed by atoms with van der Waals surface area (Å²) in [5, 5.41) is 16.8. The molecule has 1 aliphatic carbocycles. The van der Waals surface area contributed by atoms with Gasteiger partial charge in [-0.3, -0.25) is 14.9 Å². The van der Waals surface area contributed by atoms with E-state index in [9.17, 15) is 14.9 Å². The second-order valence-electron chi connectivity index (χ2n) is 4.89. The first-order valence-corrected chi connectivity index (χ1v) is 6.83. The zero-order chi connectivity index (χ0) is 14.7. The van der Waals surface area contributed by atoms with Gasteiger partial charge in [0.05, 0.1) is 4.92 Å². The maximum Gasteiger partial charge on any atom is 0.288 e. The maximum absolute atomic E-state index is 11.5. The highest BCUT2D eigenvalue weighted by Crippen LogP contribution is 2.30. The fourth-order valence-electron chi connectivity index (χ4n) is 1.83. The van der Waals surface area contributed by atoms with Crippen LogP contribution in [0.1, 0.15) is 24.8 Å². The molecule has 0 aromatic heterocycles. The minimum absolute atomic E-state index is 0.0191. The highest BCUT2D eigenvalue weighted by Gasteiger charge is 2.22. The molecule has 7 heteroatoms. The summed E-state index contributed by atoms with van der Waals surface area (Å²) < 4.78 is 0. The van der Waals surface area contributed by atoms with E-state index < -0.39 is 4.92 Å². The van der Waals surface area contributed by atoms with Gasteiger partial charge in [-0.2, -0.15) is 0 Å². The van der Waals surface area contributed by atoms with Gasteiger partial charge in [-0.25, -0.2) is 0 Å². The summed E-state index contributed by atoms with van der Waals surface area (Å²) >= 11 is 5.85. The van der Waals surface area contributed by atoms with E-state index in [-0.39, 0.29) is 16.6 Å². The van der Waals surface area contributed by atoms with Crippen LogP contribution in [0.15, 0.2) is 12.1 Å². The molecular weight excluding hydrogens is 282 g/mol. The molecule has 0 aliphatic heterocycles. The van der Waals surface area contributed by atoms with Crippen LogP contribution >= 0.6 is 11.6 Å². The van der Waals surface area contributed by atoms with Crippen LogP contribution in [0.4, 0.5) is 11.4 Å². The second kappa shape index (κ2) is 6.09. The van der Waals surface area contributed by atoms with Crippen LogP contribution in [-0.4, -0.2) is 23.4 Å². The van der Waals surface area contributed by atoms with Gasteiger partial charge in [-0.05, 0) is 31.4 Å². The molecular formula is C13H16ClN3O3. The van der Waals surface area contributed by atoms with Crippen molar-refractivity contribution in [1.29, 1.82) is 0 Å². The van der Waals surface area contributed by atoms with Gasteiger partial charge in [0.25, 0.3) is 5.69 Å². The number of carbonyl (C=O) groups is 1. The molecule has 1 saturated carbocycles. The number of nitrogens with zero attached hydrogens (tertiary/aromatic N) is 1. The summed E-state index contributed by atoms with van der Waals surface area (Å²) in [5.41, 5.74) is 1.32. The molecule has 1 aromatic carbocycles. The van der Waals surface area contributed by atoms with Crippen molar-refractivity contribution in [3.63, 3.8) is 0 Å². The second-order valence-corrected chi connectivity index (χ2v) is 5.30. The van der Waals surface area contributed by atoms with Crippen LogP contribution in [0.2, 0.25) is 5.02 Å². The van der Waals surface area contributed by atoms with Crippen LogP contribution in [0.25, 0.3) is 0 Å². The van der Waals surface area contributed by atoms with Gasteiger partial charge in [0.15, 0.2) is 0 Å². The quantitative estimate of drug-likeness (QED) is 0.624. The molecule has 0 spiro atoms. The van der Waals surface area contributed by atoms with E-state index in [0.29, 0.717) is 24.7 Å². The number of nitro groups is 1. The zero-order valence-electron chi connectivity index (χ0n) is 11.1. The van der Waals surface area contributed by atoms with Crippen molar-refractivity contribution in [3.8, 4) is 0 Å². The fourth-order valence-corrected chi connectivity index (χ4v) is 2.07. The van der Waals surface area contributed by atoms with Gasteiger partial charge in [0.1, 0.15) is 5.02 Å². The van der Waals surface area contributed by atoms with Gasteiger partial charge in [0, 0.05) is 30.8 Å². The van der Waals surface area contributed by atoms with E-state index >= 15 is 0 Å². The lowest BCUT2D eigenvalue weighted by Gasteiger charge is -2.10. The van der Waals surface area contributed by atoms with Crippen LogP contribution < -0.4 is 10.6 Å². The first kappa shape index (κ1) is 14.6. The maximum atomic E-state index is 11.5. The smallest absolute Gasteiger partial charge is 0.288 e. The number of nitrogens with one attached hydrogen (secondary N) is 2. The third kappa shape index (κ3) is 3.84. The van der Waals surface area contributed by atoms with E-state index in [2.05, 4.69) is 10.6 Å². The summed E-state index contributed by atoms with van der Waals surface area (Å²) in [6.45, 7) is 2.23. The van der Waals surface area contributed by atoms with Gasteiger partial charge in [-0.15, -0.1) is 0 Å². The van der Waals surface area contributed by atoms with Crippen LogP contribution in [0.5, 0.6) is 0 Å². The standard InChI is InChI=1S/C13H16ClN3O3/c1-8-6-12(17(19)20)10(14)7-11(8)15-5-4-13(18)16-9-2-3-9/h6-7,9,15H,2-5H2,1H3,(H,16,18). The molecule has 0 radical (unpaired) electrons. The highest BCUT2D eigenvalue weighted by atomic mass is 35.5. The van der Waals surface area contributed by atoms with Crippen molar-refractivity contribution in [1.82, 2.24) is 5.32 Å². The van der Waals surface area contributed by atoms with E-state index in [1.165, 1.54) is 12.1 Å². The molecule has 2 rings (SSSR count). The van der Waals surface area contributed by atoms with Gasteiger partial charge >= 0.3 is 0 Å². The Morgan fingerprint density at radius 3 is 2.80 bits per heavy atom. The fraction of sp³-hybridized carbons (Fsp3) is 0.462. The van der Waals surface area contributed by atoms with Crippen LogP contribution in [0.3, 0.4) is 0 Å². The first-order valence-electron chi connectivity index (χ1n) is 6.45. The Bertz CT molecular complexity index is 544. The molecule has 0 heterocycles. The number of hydrogen-bond donors (Lipinski definition) is 2. The largest absolute Gasteiger partial charge is 0.384 e. The molecule has 0 atom stereocenters. The number of nitro benzene ring substituents is 1. The van der Waals surface area contributed by atoms with E-state index in [1.54, 1.807) is 6.92 Å². The number of hydrogen-bond acceptors (Lipinski definition) is 4. The van der Waals surface area contributed by atoms with E-state index in [0.717, 1.165) is 18.4 Å². The summed E-state index contributed by atoms with van der Waals surface area (Å²) in [4.78, 5) is 21.7. The summed E-state index contributed by atoms with van der Waals surface area (Å²) in [7, 11) is 0. The third-order valence-corrected chi connectivity index (χ3v) is 3.40. The molecule has 2 N–H and O–H groups in total. The third-order valence-electron chi connectivity index (χ3n) is 3.10. The molecule has 0 unspecified atom stereocenters. The van der Waals surface area contributed by atoms with Crippen molar-refractivity contribution in [3.05, 3.63) is 32.8 Å². The molecule has 1 aromatic rings. The van der Waals surface area contributed by atoms with Gasteiger partial charge in [-0.1, -0.05) is 11.6 Å². The number of amides is 1. The summed E-state index contributed by atoms with van der Waals surface area (Å²) in [6, 6.07) is 3.31. The minimum atomic E-state index is -0.512. The molecule has 6 nitrogen and oxygen atoms in total. The molecule has 20 heavy (non-hydrogen) atoms. The Balaban J connectivity index is 1.90. The van der Waals surface area contributed by atoms with Crippen LogP contribution in [0, 0.1) is 17.0 Å². The topological polar surface area (TPSA) is 84.3 Å². The first-order chi connectivity index (χ1) is 9.47. The Labute approximate surface area is 121 Å². The predicted octanol–water partition coefficient (Wildman–Crippen LogP) is 2.64. The molecule has 0 saturated heterocycles. The van der Waals surface area contributed by atoms with Crippen molar-refractivity contribution in [2.75, 3.05) is 11.9 Å². The molecule has 108 valence electrons. The number of rotatable bonds is 6. The number of anilines is 1. The molecule has 1 amide bonds. The minimum Gasteiger partial charge on any atom is -0.384 e. The predicted molar refractivity (Wildman–Crippen MR) is 77.1 cm³/mol. The van der Waals surface area contributed by atoms with Crippen molar-refractivity contribution in [2.45, 2.75) is 32.2 Å². The van der Waals surface area contributed by atoms with Crippen LogP contribution in [-0.2, 0) is 4.79 Å². The number of benzene rings is 1. The van der Waals surface area contributed by atoms with Gasteiger partial charge in [0.2, 0.25) is 5.91 Å². The Hall–Kier alpha value is -1.82. The zero-order valence-corrected chi connectivity index (χ0v) is 11.9. The lowest BCUT2D eigenvalue weighted by molar-refractivity contribution is -0.384. The van der Waals surface area contributed by atoms with E-state index in [4.69, 9.17) is 11.6 Å². The van der Waals surface area contributed by atoms with Crippen molar-refractivity contribution < 1.29 is 9.72 Å². The monoisotopic (exact) mass is 297 g/mol. The number of halogens is 1. The van der Waals surface area contributed by atoms with Gasteiger partial charge < -0.3 is 10.6 Å². The number of aryl methyl sites for hydroxylation is 1. The Morgan fingerprint density at radius 2 is 2.20 bits per heavy atom. The Kier molecular flexibility index (Phi) is 4.44. The van der Waals surface area contributed by atoms with E-state index in [1.807, 2.05) is 0 Å². The normalized spacial score (nSPS) is 13.9. The Morgan fingerprint density at radius 1 is 1.50 bits per heavy atom. The average Bonchev–Trinajstić information content (AvgIpc) is 3.16. The number of carbonyl (C=O) groups excluding carboxylic acids is 1. The highest BCUT2D eigenvalue weighted by molar-refractivity contribution is 6.33. The average molecular weight is 298 g/mol. The summed E-state index contributed by atoms with van der Waals surface area (Å²) in [6.07, 6.45) is 2.50. The van der Waals surface area contributed by atoms with Crippen molar-refractivity contribution >= 4 is 28.9 Å². The van der Waals surface area contributed by atoms with Crippen molar-refractivity contribution in [2.24, 2.45) is 0 Å². The molecule has 1 aliphatic rings. The summed E-state index contributed by atoms with van der Waals surface area (Å²) in [5.74, 6) is 0.0191. The molecule has 1 fully saturated rings. The lowest BCUT2D eigenvalue weighted by atomic mass is 10.1. The molecule has 0 bridgehead atoms. The SMILES string of the molecule is Cc1cc([N+](=O)[O-])c(Cl)cc1NCCC(=O)NC1CC1. The lowest BCUT2D eigenvalue weighted by Crippen LogP contribution is -2.27.